The highest BCUT2D eigenvalue weighted by Gasteiger charge is 2.17. The number of benzene rings is 2. The molecule has 7 heteroatoms. The molecule has 0 unspecified atom stereocenters. The molecule has 0 saturated carbocycles. The van der Waals surface area contributed by atoms with Crippen LogP contribution in [0.15, 0.2) is 66.1 Å². The lowest BCUT2D eigenvalue weighted by atomic mass is 9.98. The summed E-state index contributed by atoms with van der Waals surface area (Å²) in [7, 11) is -3.74. The lowest BCUT2D eigenvalue weighted by Gasteiger charge is -2.30. The minimum absolute atomic E-state index is 0.0670. The van der Waals surface area contributed by atoms with Crippen molar-refractivity contribution >= 4 is 15.9 Å². The molecule has 3 rings (SSSR count). The number of hydrogen-bond donors (Lipinski definition) is 2. The maximum absolute atomic E-state index is 12.8. The van der Waals surface area contributed by atoms with Gasteiger partial charge in [0, 0.05) is 25.2 Å². The monoisotopic (exact) mass is 441 g/mol. The number of rotatable bonds is 9. The molecule has 2 N–H and O–H groups in total. The summed E-state index contributed by atoms with van der Waals surface area (Å²) in [6, 6.07) is 14.1. The van der Waals surface area contributed by atoms with E-state index in [0.717, 1.165) is 31.1 Å². The highest BCUT2D eigenvalue weighted by molar-refractivity contribution is 7.89. The van der Waals surface area contributed by atoms with Crippen molar-refractivity contribution in [1.82, 2.24) is 14.9 Å². The van der Waals surface area contributed by atoms with Crippen LogP contribution in [-0.2, 0) is 23.1 Å². The minimum atomic E-state index is -3.74. The molecule has 0 atom stereocenters. The van der Waals surface area contributed by atoms with Crippen molar-refractivity contribution < 1.29 is 13.2 Å². The zero-order valence-electron chi connectivity index (χ0n) is 18.0. The van der Waals surface area contributed by atoms with Gasteiger partial charge < -0.3 is 5.32 Å². The van der Waals surface area contributed by atoms with Gasteiger partial charge in [-0.15, -0.1) is 6.58 Å². The summed E-state index contributed by atoms with van der Waals surface area (Å²) in [5.74, 6) is 0.459. The van der Waals surface area contributed by atoms with Crippen LogP contribution >= 0.6 is 0 Å². The standard InChI is InChI=1S/C24H31N3O3S/c1-3-12-25-24(28)22-8-5-9-23(16-22)31(29,30)26-17-20-6-4-7-21(15-20)18-27-13-10-19(2)11-14-27/h3-9,15-16,19,26H,1,10-14,17-18H2,2H3,(H,25,28). The molecule has 166 valence electrons. The third-order valence-corrected chi connectivity index (χ3v) is 6.95. The summed E-state index contributed by atoms with van der Waals surface area (Å²) in [4.78, 5) is 14.6. The number of hydrogen-bond acceptors (Lipinski definition) is 4. The van der Waals surface area contributed by atoms with Crippen molar-refractivity contribution in [2.24, 2.45) is 5.92 Å². The Morgan fingerprint density at radius 1 is 1.13 bits per heavy atom. The van der Waals surface area contributed by atoms with Gasteiger partial charge in [0.1, 0.15) is 0 Å². The predicted molar refractivity (Wildman–Crippen MR) is 123 cm³/mol. The van der Waals surface area contributed by atoms with Crippen molar-refractivity contribution in [1.29, 1.82) is 0 Å². The average molecular weight is 442 g/mol. The van der Waals surface area contributed by atoms with Crippen molar-refractivity contribution in [2.45, 2.75) is 37.8 Å². The van der Waals surface area contributed by atoms with Crippen molar-refractivity contribution in [3.05, 3.63) is 77.9 Å². The van der Waals surface area contributed by atoms with E-state index in [0.29, 0.717) is 12.1 Å². The SMILES string of the molecule is C=CCNC(=O)c1cccc(S(=O)(=O)NCc2cccc(CN3CCC(C)CC3)c2)c1. The maximum atomic E-state index is 12.8. The van der Waals surface area contributed by atoms with Gasteiger partial charge >= 0.3 is 0 Å². The van der Waals surface area contributed by atoms with Crippen LogP contribution in [-0.4, -0.2) is 38.9 Å². The van der Waals surface area contributed by atoms with E-state index in [1.54, 1.807) is 18.2 Å². The van der Waals surface area contributed by atoms with E-state index in [9.17, 15) is 13.2 Å². The first-order chi connectivity index (χ1) is 14.9. The van der Waals surface area contributed by atoms with E-state index in [2.05, 4.69) is 40.6 Å². The van der Waals surface area contributed by atoms with Crippen LogP contribution in [0.2, 0.25) is 0 Å². The molecule has 2 aromatic rings. The molecule has 31 heavy (non-hydrogen) atoms. The zero-order valence-corrected chi connectivity index (χ0v) is 18.8. The molecule has 1 heterocycles. The summed E-state index contributed by atoms with van der Waals surface area (Å²) < 4.78 is 28.2. The Balaban J connectivity index is 1.62. The normalized spacial score (nSPS) is 15.5. The van der Waals surface area contributed by atoms with Crippen LogP contribution in [0.1, 0.15) is 41.3 Å². The van der Waals surface area contributed by atoms with E-state index in [1.165, 1.54) is 30.5 Å². The number of sulfonamides is 1. The molecule has 2 aromatic carbocycles. The van der Waals surface area contributed by atoms with E-state index in [-0.39, 0.29) is 17.3 Å². The van der Waals surface area contributed by atoms with Gasteiger partial charge in [-0.25, -0.2) is 13.1 Å². The first kappa shape index (κ1) is 23.2. The van der Waals surface area contributed by atoms with Gasteiger partial charge in [0.25, 0.3) is 5.91 Å². The summed E-state index contributed by atoms with van der Waals surface area (Å²) in [6.45, 7) is 9.46. The molecule has 0 radical (unpaired) electrons. The number of piperidine rings is 1. The molecule has 0 aromatic heterocycles. The molecule has 1 fully saturated rings. The number of likely N-dealkylation sites (tertiary alicyclic amines) is 1. The second kappa shape index (κ2) is 10.7. The fraction of sp³-hybridized carbons (Fsp3) is 0.375. The van der Waals surface area contributed by atoms with Crippen LogP contribution in [0.3, 0.4) is 0 Å². The first-order valence-electron chi connectivity index (χ1n) is 10.7. The van der Waals surface area contributed by atoms with Crippen LogP contribution < -0.4 is 10.0 Å². The Morgan fingerprint density at radius 3 is 2.58 bits per heavy atom. The van der Waals surface area contributed by atoms with E-state index >= 15 is 0 Å². The zero-order chi connectivity index (χ0) is 22.3. The molecule has 0 bridgehead atoms. The van der Waals surface area contributed by atoms with Crippen molar-refractivity contribution in [2.75, 3.05) is 19.6 Å². The Morgan fingerprint density at radius 2 is 1.84 bits per heavy atom. The van der Waals surface area contributed by atoms with E-state index in [4.69, 9.17) is 0 Å². The topological polar surface area (TPSA) is 78.5 Å². The average Bonchev–Trinajstić information content (AvgIpc) is 2.78. The van der Waals surface area contributed by atoms with Gasteiger partial charge in [-0.3, -0.25) is 9.69 Å². The summed E-state index contributed by atoms with van der Waals surface area (Å²) >= 11 is 0. The van der Waals surface area contributed by atoms with Gasteiger partial charge in [0.2, 0.25) is 10.0 Å². The first-order valence-corrected chi connectivity index (χ1v) is 12.1. The Kier molecular flexibility index (Phi) is 8.01. The van der Waals surface area contributed by atoms with Crippen LogP contribution in [0.25, 0.3) is 0 Å². The second-order valence-electron chi connectivity index (χ2n) is 8.13. The number of amides is 1. The third-order valence-electron chi connectivity index (χ3n) is 5.55. The molecule has 1 amide bonds. The lowest BCUT2D eigenvalue weighted by molar-refractivity contribution is 0.0958. The molecule has 1 aliphatic heterocycles. The number of carbonyl (C=O) groups is 1. The van der Waals surface area contributed by atoms with Gasteiger partial charge in [0.05, 0.1) is 4.90 Å². The smallest absolute Gasteiger partial charge is 0.251 e. The van der Waals surface area contributed by atoms with Gasteiger partial charge in [-0.1, -0.05) is 43.3 Å². The number of nitrogens with one attached hydrogen (secondary N) is 2. The largest absolute Gasteiger partial charge is 0.349 e. The van der Waals surface area contributed by atoms with Crippen LogP contribution in [0.4, 0.5) is 0 Å². The Labute approximate surface area is 185 Å². The summed E-state index contributed by atoms with van der Waals surface area (Å²) in [6.07, 6.45) is 4.02. The highest BCUT2D eigenvalue weighted by atomic mass is 32.2. The van der Waals surface area contributed by atoms with Gasteiger partial charge in [0.15, 0.2) is 0 Å². The van der Waals surface area contributed by atoms with Gasteiger partial charge in [-0.05, 0) is 61.2 Å². The van der Waals surface area contributed by atoms with Gasteiger partial charge in [-0.2, -0.15) is 0 Å². The lowest BCUT2D eigenvalue weighted by Crippen LogP contribution is -2.32. The Hall–Kier alpha value is -2.48. The Bertz CT molecular complexity index is 1010. The molecular formula is C24H31N3O3S. The highest BCUT2D eigenvalue weighted by Crippen LogP contribution is 2.19. The molecule has 0 spiro atoms. The second-order valence-corrected chi connectivity index (χ2v) is 9.90. The number of nitrogens with zero attached hydrogens (tertiary/aromatic N) is 1. The summed E-state index contributed by atoms with van der Waals surface area (Å²) in [5, 5.41) is 2.65. The van der Waals surface area contributed by atoms with Crippen LogP contribution in [0, 0.1) is 5.92 Å². The number of carbonyl (C=O) groups excluding carboxylic acids is 1. The van der Waals surface area contributed by atoms with E-state index < -0.39 is 10.0 Å². The molecule has 0 aliphatic carbocycles. The summed E-state index contributed by atoms with van der Waals surface area (Å²) in [5.41, 5.74) is 2.39. The molecule has 1 aliphatic rings. The van der Waals surface area contributed by atoms with Crippen molar-refractivity contribution in [3.63, 3.8) is 0 Å². The quantitative estimate of drug-likeness (QED) is 0.585. The predicted octanol–water partition coefficient (Wildman–Crippen LogP) is 3.31. The molecule has 6 nitrogen and oxygen atoms in total. The van der Waals surface area contributed by atoms with E-state index in [1.807, 2.05) is 12.1 Å². The minimum Gasteiger partial charge on any atom is -0.349 e. The third kappa shape index (κ3) is 6.75. The van der Waals surface area contributed by atoms with Crippen LogP contribution in [0.5, 0.6) is 0 Å². The van der Waals surface area contributed by atoms with Crippen molar-refractivity contribution in [3.8, 4) is 0 Å². The fourth-order valence-electron chi connectivity index (χ4n) is 3.65. The fourth-order valence-corrected chi connectivity index (χ4v) is 4.71. The maximum Gasteiger partial charge on any atom is 0.251 e. The molecular weight excluding hydrogens is 410 g/mol. The molecule has 1 saturated heterocycles.